The van der Waals surface area contributed by atoms with Crippen molar-refractivity contribution < 1.29 is 19.1 Å². The van der Waals surface area contributed by atoms with Gasteiger partial charge in [-0.25, -0.2) is 4.79 Å². The largest absolute Gasteiger partial charge is 0.460 e. The number of carbonyl (C=O) groups is 2. The van der Waals surface area contributed by atoms with E-state index in [1.807, 2.05) is 4.90 Å². The van der Waals surface area contributed by atoms with Crippen LogP contribution in [0.3, 0.4) is 0 Å². The number of nitrogens with one attached hydrogen (secondary N) is 1. The second-order valence-electron chi connectivity index (χ2n) is 8.46. The van der Waals surface area contributed by atoms with E-state index in [-0.39, 0.29) is 12.5 Å². The lowest BCUT2D eigenvalue weighted by molar-refractivity contribution is 0.0387. The van der Waals surface area contributed by atoms with E-state index in [4.69, 9.17) is 9.47 Å². The maximum atomic E-state index is 13.2. The number of ether oxygens (including phenoxy) is 2. The molecule has 1 aromatic heterocycles. The lowest BCUT2D eigenvalue weighted by Crippen LogP contribution is -2.48. The van der Waals surface area contributed by atoms with Gasteiger partial charge < -0.3 is 19.4 Å². The number of piperazine rings is 1. The summed E-state index contributed by atoms with van der Waals surface area (Å²) in [5.74, 6) is -0.506. The number of rotatable bonds is 7. The Labute approximate surface area is 194 Å². The summed E-state index contributed by atoms with van der Waals surface area (Å²) < 4.78 is 10.2. The minimum Gasteiger partial charge on any atom is -0.460 e. The predicted octanol–water partition coefficient (Wildman–Crippen LogP) is 3.55. The predicted molar refractivity (Wildman–Crippen MR) is 128 cm³/mol. The van der Waals surface area contributed by atoms with Crippen LogP contribution in [0.1, 0.15) is 37.7 Å². The molecule has 0 aliphatic carbocycles. The van der Waals surface area contributed by atoms with Crippen molar-refractivity contribution >= 4 is 22.6 Å². The first kappa shape index (κ1) is 23.0. The van der Waals surface area contributed by atoms with Crippen molar-refractivity contribution in [1.82, 2.24) is 14.8 Å². The highest BCUT2D eigenvalue weighted by atomic mass is 16.6. The molecule has 0 atom stereocenters. The van der Waals surface area contributed by atoms with E-state index in [1.165, 1.54) is 16.3 Å². The summed E-state index contributed by atoms with van der Waals surface area (Å²) in [7, 11) is 1.55. The van der Waals surface area contributed by atoms with Gasteiger partial charge in [-0.3, -0.25) is 9.69 Å². The number of aromatic amines is 1. The molecular formula is C26H31N3O4. The smallest absolute Gasteiger partial charge is 0.340 e. The highest BCUT2D eigenvalue weighted by Crippen LogP contribution is 2.23. The zero-order chi connectivity index (χ0) is 23.4. The maximum absolute atomic E-state index is 13.2. The first-order chi connectivity index (χ1) is 16.0. The number of benzene rings is 2. The Kier molecular flexibility index (Phi) is 7.11. The molecule has 1 aliphatic heterocycles. The number of aromatic nitrogens is 1. The molecule has 1 amide bonds. The van der Waals surface area contributed by atoms with Gasteiger partial charge in [-0.2, -0.15) is 0 Å². The third-order valence-electron chi connectivity index (χ3n) is 6.31. The van der Waals surface area contributed by atoms with Crippen LogP contribution in [0.2, 0.25) is 0 Å². The van der Waals surface area contributed by atoms with E-state index in [2.05, 4.69) is 52.3 Å². The van der Waals surface area contributed by atoms with Crippen molar-refractivity contribution in [3.63, 3.8) is 0 Å². The third-order valence-corrected chi connectivity index (χ3v) is 6.31. The SMILES string of the molecule is COCCOC(=O)c1c(C)[nH]c(C(=O)N2CCN(Cc3cccc4ccccc34)CC2)c1C. The molecule has 1 fully saturated rings. The Hall–Kier alpha value is -3.16. The number of methoxy groups -OCH3 is 1. The average molecular weight is 450 g/mol. The van der Waals surface area contributed by atoms with Gasteiger partial charge in [0.25, 0.3) is 5.91 Å². The van der Waals surface area contributed by atoms with Crippen LogP contribution in [0.4, 0.5) is 0 Å². The first-order valence-electron chi connectivity index (χ1n) is 11.3. The lowest BCUT2D eigenvalue weighted by atomic mass is 10.0. The summed E-state index contributed by atoms with van der Waals surface area (Å²) in [6.45, 7) is 7.87. The van der Waals surface area contributed by atoms with E-state index >= 15 is 0 Å². The number of hydrogen-bond acceptors (Lipinski definition) is 5. The van der Waals surface area contributed by atoms with Crippen LogP contribution in [0, 0.1) is 13.8 Å². The Morgan fingerprint density at radius 1 is 0.970 bits per heavy atom. The van der Waals surface area contributed by atoms with Crippen molar-refractivity contribution in [2.24, 2.45) is 0 Å². The molecule has 1 aliphatic rings. The standard InChI is InChI=1S/C26H31N3O4/c1-18-23(26(31)33-16-15-32-3)19(2)27-24(18)25(30)29-13-11-28(12-14-29)17-21-9-6-8-20-7-4-5-10-22(20)21/h4-10,27H,11-17H2,1-3H3. The van der Waals surface area contributed by atoms with Crippen LogP contribution < -0.4 is 0 Å². The summed E-state index contributed by atoms with van der Waals surface area (Å²) in [6.07, 6.45) is 0. The van der Waals surface area contributed by atoms with Crippen molar-refractivity contribution in [2.45, 2.75) is 20.4 Å². The molecule has 174 valence electrons. The van der Waals surface area contributed by atoms with Crippen LogP contribution in [0.25, 0.3) is 10.8 Å². The number of H-pyrrole nitrogens is 1. The molecule has 0 saturated carbocycles. The number of amides is 1. The molecule has 0 bridgehead atoms. The van der Waals surface area contributed by atoms with Crippen molar-refractivity contribution in [1.29, 1.82) is 0 Å². The van der Waals surface area contributed by atoms with Crippen molar-refractivity contribution in [3.8, 4) is 0 Å². The van der Waals surface area contributed by atoms with Crippen LogP contribution in [-0.4, -0.2) is 73.2 Å². The van der Waals surface area contributed by atoms with Gasteiger partial charge in [0.2, 0.25) is 0 Å². The van der Waals surface area contributed by atoms with Gasteiger partial charge in [0.15, 0.2) is 0 Å². The van der Waals surface area contributed by atoms with Crippen LogP contribution in [0.5, 0.6) is 0 Å². The topological polar surface area (TPSA) is 74.9 Å². The van der Waals surface area contributed by atoms with Crippen LogP contribution in [-0.2, 0) is 16.0 Å². The molecule has 2 heterocycles. The summed E-state index contributed by atoms with van der Waals surface area (Å²) in [5, 5.41) is 2.53. The lowest BCUT2D eigenvalue weighted by Gasteiger charge is -2.35. The first-order valence-corrected chi connectivity index (χ1v) is 11.3. The molecule has 0 radical (unpaired) electrons. The maximum Gasteiger partial charge on any atom is 0.340 e. The second-order valence-corrected chi connectivity index (χ2v) is 8.46. The number of esters is 1. The van der Waals surface area contributed by atoms with Gasteiger partial charge in [-0.15, -0.1) is 0 Å². The Bertz CT molecular complexity index is 1140. The molecule has 7 heteroatoms. The molecular weight excluding hydrogens is 418 g/mol. The van der Waals surface area contributed by atoms with E-state index in [9.17, 15) is 9.59 Å². The minimum absolute atomic E-state index is 0.0728. The zero-order valence-corrected chi connectivity index (χ0v) is 19.5. The summed E-state index contributed by atoms with van der Waals surface area (Å²) in [5.41, 5.74) is 3.49. The second kappa shape index (κ2) is 10.2. The van der Waals surface area contributed by atoms with Crippen LogP contribution in [0.15, 0.2) is 42.5 Å². The fourth-order valence-corrected chi connectivity index (χ4v) is 4.50. The summed E-state index contributed by atoms with van der Waals surface area (Å²) in [4.78, 5) is 33.0. The van der Waals surface area contributed by atoms with Crippen molar-refractivity contribution in [2.75, 3.05) is 46.5 Å². The Morgan fingerprint density at radius 2 is 1.70 bits per heavy atom. The molecule has 7 nitrogen and oxygen atoms in total. The molecule has 33 heavy (non-hydrogen) atoms. The quantitative estimate of drug-likeness (QED) is 0.441. The highest BCUT2D eigenvalue weighted by molar-refractivity contribution is 6.00. The van der Waals surface area contributed by atoms with Crippen LogP contribution >= 0.6 is 0 Å². The average Bonchev–Trinajstić information content (AvgIpc) is 3.13. The number of carbonyl (C=O) groups excluding carboxylic acids is 2. The van der Waals surface area contributed by atoms with Gasteiger partial charge in [0.05, 0.1) is 12.2 Å². The molecule has 3 aromatic rings. The van der Waals surface area contributed by atoms with Gasteiger partial charge in [0, 0.05) is 45.5 Å². The van der Waals surface area contributed by atoms with E-state index in [0.29, 0.717) is 42.2 Å². The Balaban J connectivity index is 1.39. The van der Waals surface area contributed by atoms with Gasteiger partial charge >= 0.3 is 5.97 Å². The Morgan fingerprint density at radius 3 is 2.45 bits per heavy atom. The fraction of sp³-hybridized carbons (Fsp3) is 0.385. The third kappa shape index (κ3) is 4.94. The van der Waals surface area contributed by atoms with Gasteiger partial charge in [0.1, 0.15) is 12.3 Å². The number of aryl methyl sites for hydroxylation is 1. The highest BCUT2D eigenvalue weighted by Gasteiger charge is 2.28. The number of fused-ring (bicyclic) bond motifs is 1. The van der Waals surface area contributed by atoms with E-state index in [0.717, 1.165) is 19.6 Å². The van der Waals surface area contributed by atoms with Crippen molar-refractivity contribution in [3.05, 3.63) is 70.5 Å². The van der Waals surface area contributed by atoms with Gasteiger partial charge in [-0.1, -0.05) is 42.5 Å². The molecule has 4 rings (SSSR count). The molecule has 2 aromatic carbocycles. The van der Waals surface area contributed by atoms with E-state index in [1.54, 1.807) is 21.0 Å². The number of hydrogen-bond donors (Lipinski definition) is 1. The molecule has 1 saturated heterocycles. The zero-order valence-electron chi connectivity index (χ0n) is 19.5. The minimum atomic E-state index is -0.433. The normalized spacial score (nSPS) is 14.6. The monoisotopic (exact) mass is 449 g/mol. The summed E-state index contributed by atoms with van der Waals surface area (Å²) in [6, 6.07) is 14.9. The van der Waals surface area contributed by atoms with Gasteiger partial charge in [-0.05, 0) is 35.7 Å². The molecule has 1 N–H and O–H groups in total. The van der Waals surface area contributed by atoms with E-state index < -0.39 is 5.97 Å². The molecule has 0 unspecified atom stereocenters. The number of nitrogens with zero attached hydrogens (tertiary/aromatic N) is 2. The fourth-order valence-electron chi connectivity index (χ4n) is 4.50. The molecule has 0 spiro atoms. The summed E-state index contributed by atoms with van der Waals surface area (Å²) >= 11 is 0.